The molecular formula is C20H27NO5S. The van der Waals surface area contributed by atoms with Crippen molar-refractivity contribution in [2.45, 2.75) is 39.2 Å². The van der Waals surface area contributed by atoms with E-state index in [0.29, 0.717) is 17.9 Å². The molecule has 0 aromatic heterocycles. The number of ether oxygens (including phenoxy) is 1. The lowest BCUT2D eigenvalue weighted by Gasteiger charge is -2.25. The molecule has 0 heterocycles. The minimum atomic E-state index is -4.17. The smallest absolute Gasteiger partial charge is 0.265 e. The summed E-state index contributed by atoms with van der Waals surface area (Å²) >= 11 is 0. The van der Waals surface area contributed by atoms with Crippen LogP contribution in [0.3, 0.4) is 0 Å². The van der Waals surface area contributed by atoms with Crippen LogP contribution in [-0.4, -0.2) is 35.9 Å². The van der Waals surface area contributed by atoms with Gasteiger partial charge in [-0.3, -0.25) is 4.55 Å². The number of hydrogen-bond acceptors (Lipinski definition) is 5. The summed E-state index contributed by atoms with van der Waals surface area (Å²) in [6.45, 7) is 8.17. The van der Waals surface area contributed by atoms with Crippen molar-refractivity contribution in [3.8, 4) is 17.2 Å². The molecule has 0 aliphatic heterocycles. The fourth-order valence-corrected chi connectivity index (χ4v) is 3.46. The molecule has 0 bridgehead atoms. The molecule has 27 heavy (non-hydrogen) atoms. The minimum Gasteiger partial charge on any atom is -0.504 e. The van der Waals surface area contributed by atoms with Crippen LogP contribution in [0.1, 0.15) is 37.8 Å². The summed E-state index contributed by atoms with van der Waals surface area (Å²) in [6.07, 6.45) is 0. The molecule has 1 unspecified atom stereocenters. The Kier molecular flexibility index (Phi) is 6.51. The van der Waals surface area contributed by atoms with Crippen molar-refractivity contribution in [2.75, 3.05) is 12.3 Å². The van der Waals surface area contributed by atoms with Gasteiger partial charge in [-0.25, -0.2) is 0 Å². The zero-order chi connectivity index (χ0) is 20.2. The Bertz CT molecular complexity index is 887. The van der Waals surface area contributed by atoms with E-state index in [1.807, 2.05) is 45.9 Å². The SMILES string of the molecule is Cc1cccc(Oc2ccc(C(CNC(C)(C)C)CS(=O)(=O)O)cc2O)c1. The van der Waals surface area contributed by atoms with Gasteiger partial charge in [-0.2, -0.15) is 8.42 Å². The second-order valence-corrected chi connectivity index (χ2v) is 9.22. The standard InChI is InChI=1S/C20H27NO5S/c1-14-6-5-7-17(10-14)26-19-9-8-15(11-18(19)22)16(13-27(23,24)25)12-21-20(2,3)4/h5-11,16,21-22H,12-13H2,1-4H3,(H,23,24,25). The van der Waals surface area contributed by atoms with Gasteiger partial charge < -0.3 is 15.2 Å². The van der Waals surface area contributed by atoms with Crippen LogP contribution in [0.15, 0.2) is 42.5 Å². The van der Waals surface area contributed by atoms with Gasteiger partial charge in [0.1, 0.15) is 5.75 Å². The molecule has 2 aromatic rings. The van der Waals surface area contributed by atoms with Gasteiger partial charge in [0.2, 0.25) is 0 Å². The van der Waals surface area contributed by atoms with E-state index in [9.17, 15) is 18.1 Å². The lowest BCUT2D eigenvalue weighted by atomic mass is 9.98. The summed E-state index contributed by atoms with van der Waals surface area (Å²) in [5.41, 5.74) is 1.41. The molecule has 0 fully saturated rings. The van der Waals surface area contributed by atoms with Crippen molar-refractivity contribution in [3.05, 3.63) is 53.6 Å². The van der Waals surface area contributed by atoms with Crippen LogP contribution in [-0.2, 0) is 10.1 Å². The first-order chi connectivity index (χ1) is 12.4. The van der Waals surface area contributed by atoms with E-state index >= 15 is 0 Å². The van der Waals surface area contributed by atoms with Crippen LogP contribution < -0.4 is 10.1 Å². The third-order valence-corrected chi connectivity index (χ3v) is 4.79. The van der Waals surface area contributed by atoms with Crippen LogP contribution in [0.5, 0.6) is 17.2 Å². The first-order valence-corrected chi connectivity index (χ1v) is 10.3. The zero-order valence-electron chi connectivity index (χ0n) is 16.1. The quantitative estimate of drug-likeness (QED) is 0.618. The molecule has 0 aliphatic carbocycles. The van der Waals surface area contributed by atoms with E-state index in [2.05, 4.69) is 5.32 Å². The third-order valence-electron chi connectivity index (χ3n) is 3.96. The number of benzene rings is 2. The van der Waals surface area contributed by atoms with E-state index in [1.54, 1.807) is 18.2 Å². The molecule has 7 heteroatoms. The van der Waals surface area contributed by atoms with Crippen LogP contribution in [0, 0.1) is 6.92 Å². The minimum absolute atomic E-state index is 0.0925. The highest BCUT2D eigenvalue weighted by molar-refractivity contribution is 7.85. The van der Waals surface area contributed by atoms with Crippen LogP contribution in [0.4, 0.5) is 0 Å². The summed E-state index contributed by atoms with van der Waals surface area (Å²) < 4.78 is 37.8. The number of aryl methyl sites for hydroxylation is 1. The van der Waals surface area contributed by atoms with Gasteiger partial charge in [0.15, 0.2) is 11.5 Å². The summed E-state index contributed by atoms with van der Waals surface area (Å²) in [4.78, 5) is 0. The second-order valence-electron chi connectivity index (χ2n) is 7.72. The summed E-state index contributed by atoms with van der Waals surface area (Å²) in [6, 6.07) is 12.2. The van der Waals surface area contributed by atoms with Crippen LogP contribution >= 0.6 is 0 Å². The van der Waals surface area contributed by atoms with E-state index in [1.165, 1.54) is 6.07 Å². The second kappa shape index (κ2) is 8.29. The van der Waals surface area contributed by atoms with Gasteiger partial charge in [0.05, 0.1) is 5.75 Å². The van der Waals surface area contributed by atoms with Crippen molar-refractivity contribution in [1.29, 1.82) is 0 Å². The molecule has 0 aliphatic rings. The fraction of sp³-hybridized carbons (Fsp3) is 0.400. The van der Waals surface area contributed by atoms with E-state index in [-0.39, 0.29) is 17.0 Å². The lowest BCUT2D eigenvalue weighted by molar-refractivity contribution is 0.401. The number of rotatable bonds is 7. The van der Waals surface area contributed by atoms with Gasteiger partial charge in [0.25, 0.3) is 10.1 Å². The maximum atomic E-state index is 11.4. The molecule has 0 radical (unpaired) electrons. The Balaban J connectivity index is 2.24. The van der Waals surface area contributed by atoms with Crippen LogP contribution in [0.25, 0.3) is 0 Å². The Morgan fingerprint density at radius 1 is 1.15 bits per heavy atom. The molecule has 0 saturated heterocycles. The lowest BCUT2D eigenvalue weighted by Crippen LogP contribution is -2.39. The zero-order valence-corrected chi connectivity index (χ0v) is 16.9. The number of hydrogen-bond donors (Lipinski definition) is 3. The van der Waals surface area contributed by atoms with Crippen molar-refractivity contribution in [3.63, 3.8) is 0 Å². The first-order valence-electron chi connectivity index (χ1n) is 8.70. The maximum Gasteiger partial charge on any atom is 0.265 e. The largest absolute Gasteiger partial charge is 0.504 e. The molecule has 0 spiro atoms. The summed E-state index contributed by atoms with van der Waals surface area (Å²) in [5, 5.41) is 13.6. The molecule has 2 rings (SSSR count). The Hall–Kier alpha value is -2.09. The first kappa shape index (κ1) is 21.2. The summed E-state index contributed by atoms with van der Waals surface area (Å²) in [5.74, 6) is -0.169. The monoisotopic (exact) mass is 393 g/mol. The number of phenolic OH excluding ortho intramolecular Hbond substituents is 1. The third kappa shape index (κ3) is 7.21. The molecule has 0 amide bonds. The van der Waals surface area contributed by atoms with Gasteiger partial charge >= 0.3 is 0 Å². The van der Waals surface area contributed by atoms with Gasteiger partial charge in [-0.1, -0.05) is 18.2 Å². The van der Waals surface area contributed by atoms with Gasteiger partial charge in [0, 0.05) is 18.0 Å². The number of nitrogens with one attached hydrogen (secondary N) is 1. The highest BCUT2D eigenvalue weighted by atomic mass is 32.2. The fourth-order valence-electron chi connectivity index (χ4n) is 2.64. The maximum absolute atomic E-state index is 11.4. The molecule has 2 aromatic carbocycles. The van der Waals surface area contributed by atoms with Crippen molar-refractivity contribution in [2.24, 2.45) is 0 Å². The van der Waals surface area contributed by atoms with E-state index in [4.69, 9.17) is 4.74 Å². The number of aromatic hydroxyl groups is 1. The predicted molar refractivity (Wildman–Crippen MR) is 106 cm³/mol. The Labute approximate surface area is 160 Å². The predicted octanol–water partition coefficient (Wildman–Crippen LogP) is 3.85. The highest BCUT2D eigenvalue weighted by Crippen LogP contribution is 2.34. The number of phenols is 1. The van der Waals surface area contributed by atoms with Crippen LogP contribution in [0.2, 0.25) is 0 Å². The Morgan fingerprint density at radius 2 is 1.85 bits per heavy atom. The molecule has 148 valence electrons. The Morgan fingerprint density at radius 3 is 2.41 bits per heavy atom. The molecular weight excluding hydrogens is 366 g/mol. The average Bonchev–Trinajstić information content (AvgIpc) is 2.51. The van der Waals surface area contributed by atoms with E-state index < -0.39 is 21.8 Å². The van der Waals surface area contributed by atoms with Crippen molar-refractivity contribution in [1.82, 2.24) is 5.32 Å². The van der Waals surface area contributed by atoms with Crippen molar-refractivity contribution < 1.29 is 22.8 Å². The van der Waals surface area contributed by atoms with Gasteiger partial charge in [-0.05, 0) is 63.1 Å². The molecule has 3 N–H and O–H groups in total. The van der Waals surface area contributed by atoms with Gasteiger partial charge in [-0.15, -0.1) is 0 Å². The molecule has 6 nitrogen and oxygen atoms in total. The topological polar surface area (TPSA) is 95.9 Å². The molecule has 0 saturated carbocycles. The normalized spacial score (nSPS) is 13.4. The average molecular weight is 394 g/mol. The van der Waals surface area contributed by atoms with Crippen molar-refractivity contribution >= 4 is 10.1 Å². The molecule has 1 atom stereocenters. The highest BCUT2D eigenvalue weighted by Gasteiger charge is 2.22. The summed E-state index contributed by atoms with van der Waals surface area (Å²) in [7, 11) is -4.17. The van der Waals surface area contributed by atoms with E-state index in [0.717, 1.165) is 5.56 Å².